The van der Waals surface area contributed by atoms with E-state index in [0.29, 0.717) is 11.4 Å². The Hall–Kier alpha value is -2.97. The highest BCUT2D eigenvalue weighted by Crippen LogP contribution is 2.37. The molecule has 162 valence electrons. The number of fused-ring (bicyclic) bond motifs is 1. The fourth-order valence-corrected chi connectivity index (χ4v) is 5.33. The molecule has 4 rings (SSSR count). The lowest BCUT2D eigenvalue weighted by atomic mass is 10.0. The van der Waals surface area contributed by atoms with Gasteiger partial charge in [0.2, 0.25) is 0 Å². The summed E-state index contributed by atoms with van der Waals surface area (Å²) >= 11 is 3.95. The summed E-state index contributed by atoms with van der Waals surface area (Å²) in [5.41, 5.74) is 6.33. The third-order valence-electron chi connectivity index (χ3n) is 4.37. The van der Waals surface area contributed by atoms with Gasteiger partial charge in [0.25, 0.3) is 11.8 Å². The van der Waals surface area contributed by atoms with E-state index in [4.69, 9.17) is 10.6 Å². The van der Waals surface area contributed by atoms with Gasteiger partial charge in [-0.1, -0.05) is 5.16 Å². The van der Waals surface area contributed by atoms with Gasteiger partial charge in [0.15, 0.2) is 17.5 Å². The van der Waals surface area contributed by atoms with Crippen molar-refractivity contribution in [3.05, 3.63) is 38.9 Å². The van der Waals surface area contributed by atoms with Gasteiger partial charge in [0, 0.05) is 16.5 Å². The summed E-state index contributed by atoms with van der Waals surface area (Å²) in [5, 5.41) is 19.8. The van der Waals surface area contributed by atoms with Crippen molar-refractivity contribution >= 4 is 63.1 Å². The van der Waals surface area contributed by atoms with E-state index in [9.17, 15) is 19.5 Å². The lowest BCUT2D eigenvalue weighted by molar-refractivity contribution is -0.150. The molecule has 1 fully saturated rings. The number of carboxylic acids is 1. The second-order valence-electron chi connectivity index (χ2n) is 6.42. The molecule has 1 unspecified atom stereocenters. The fraction of sp³-hybridized carbons (Fsp3) is 0.294. The van der Waals surface area contributed by atoms with Gasteiger partial charge in [-0.25, -0.2) is 14.8 Å². The van der Waals surface area contributed by atoms with E-state index in [0.717, 1.165) is 16.3 Å². The van der Waals surface area contributed by atoms with Crippen LogP contribution in [0.25, 0.3) is 0 Å². The Bertz CT molecular complexity index is 1110. The van der Waals surface area contributed by atoms with E-state index in [2.05, 4.69) is 20.4 Å². The Labute approximate surface area is 188 Å². The third kappa shape index (κ3) is 4.26. The number of nitrogens with one attached hydrogen (secondary N) is 1. The first-order valence-corrected chi connectivity index (χ1v) is 11.7. The molecule has 2 aromatic rings. The summed E-state index contributed by atoms with van der Waals surface area (Å²) < 4.78 is 0. The molecule has 2 amide bonds. The van der Waals surface area contributed by atoms with Gasteiger partial charge in [0.1, 0.15) is 22.8 Å². The molecule has 1 saturated heterocycles. The van der Waals surface area contributed by atoms with E-state index in [-0.39, 0.29) is 28.8 Å². The highest BCUT2D eigenvalue weighted by Gasteiger charge is 2.53. The molecular formula is C17H16N6O5S3. The van der Waals surface area contributed by atoms with E-state index in [1.54, 1.807) is 5.38 Å². The lowest BCUT2D eigenvalue weighted by Crippen LogP contribution is -2.70. The van der Waals surface area contributed by atoms with Gasteiger partial charge in [-0.2, -0.15) is 0 Å². The first-order valence-electron chi connectivity index (χ1n) is 8.86. The normalized spacial score (nSPS) is 20.5. The van der Waals surface area contributed by atoms with Crippen LogP contribution in [0, 0.1) is 6.92 Å². The molecule has 0 aromatic carbocycles. The molecule has 2 aliphatic rings. The maximum atomic E-state index is 12.9. The van der Waals surface area contributed by atoms with Crippen molar-refractivity contribution in [2.45, 2.75) is 24.9 Å². The molecule has 0 radical (unpaired) electrons. The number of thioether (sulfide) groups is 1. The number of aromatic nitrogens is 2. The summed E-state index contributed by atoms with van der Waals surface area (Å²) in [6.07, 6.45) is 1.47. The maximum Gasteiger partial charge on any atom is 0.352 e. The van der Waals surface area contributed by atoms with Crippen LogP contribution in [0.5, 0.6) is 0 Å². The number of anilines is 1. The maximum absolute atomic E-state index is 12.9. The third-order valence-corrected chi connectivity index (χ3v) is 7.05. The highest BCUT2D eigenvalue weighted by molar-refractivity contribution is 8.00. The zero-order valence-corrected chi connectivity index (χ0v) is 18.4. The van der Waals surface area contributed by atoms with Crippen LogP contribution in [0.4, 0.5) is 5.13 Å². The van der Waals surface area contributed by atoms with Crippen molar-refractivity contribution < 1.29 is 24.3 Å². The number of hydrogen-bond donors (Lipinski definition) is 3. The summed E-state index contributed by atoms with van der Waals surface area (Å²) in [6, 6.07) is -0.886. The van der Waals surface area contributed by atoms with Crippen LogP contribution in [-0.2, 0) is 25.8 Å². The Morgan fingerprint density at radius 3 is 2.84 bits per heavy atom. The molecule has 14 heteroatoms. The number of nitrogens with two attached hydrogens (primary N) is 1. The van der Waals surface area contributed by atoms with Crippen LogP contribution in [0.3, 0.4) is 0 Å². The minimum absolute atomic E-state index is 0.0577. The molecular weight excluding hydrogens is 464 g/mol. The van der Waals surface area contributed by atoms with Crippen molar-refractivity contribution in [1.82, 2.24) is 20.2 Å². The number of carbonyl (C=O) groups is 3. The van der Waals surface area contributed by atoms with E-state index in [1.165, 1.54) is 34.1 Å². The average molecular weight is 481 g/mol. The summed E-state index contributed by atoms with van der Waals surface area (Å²) in [6.45, 7) is 1.92. The van der Waals surface area contributed by atoms with Crippen molar-refractivity contribution in [2.24, 2.45) is 5.16 Å². The van der Waals surface area contributed by atoms with Crippen LogP contribution in [0.1, 0.15) is 16.4 Å². The zero-order valence-electron chi connectivity index (χ0n) is 16.0. The molecule has 0 spiro atoms. The number of aryl methyl sites for hydroxylation is 1. The Morgan fingerprint density at radius 2 is 2.19 bits per heavy atom. The number of β-lactam (4-membered cyclic amide) rings is 1. The summed E-state index contributed by atoms with van der Waals surface area (Å²) in [4.78, 5) is 51.5. The van der Waals surface area contributed by atoms with Gasteiger partial charge < -0.3 is 21.0 Å². The minimum atomic E-state index is -1.19. The predicted molar refractivity (Wildman–Crippen MR) is 115 cm³/mol. The van der Waals surface area contributed by atoms with Crippen LogP contribution in [0.2, 0.25) is 0 Å². The monoisotopic (exact) mass is 480 g/mol. The first-order chi connectivity index (χ1) is 14.8. The number of hydrogen-bond acceptors (Lipinski definition) is 11. The highest BCUT2D eigenvalue weighted by atomic mass is 32.2. The molecule has 0 bridgehead atoms. The Morgan fingerprint density at radius 1 is 1.39 bits per heavy atom. The minimum Gasteiger partial charge on any atom is -0.477 e. The number of carboxylic acid groups (broad SMARTS) is 1. The van der Waals surface area contributed by atoms with E-state index in [1.807, 2.05) is 12.3 Å². The zero-order chi connectivity index (χ0) is 22.1. The van der Waals surface area contributed by atoms with Crippen LogP contribution in [0.15, 0.2) is 27.7 Å². The quantitative estimate of drug-likeness (QED) is 0.295. The fourth-order valence-electron chi connectivity index (χ4n) is 2.99. The number of rotatable bonds is 7. The predicted octanol–water partition coefficient (Wildman–Crippen LogP) is 0.780. The number of thiazole rings is 2. The molecule has 0 aliphatic carbocycles. The van der Waals surface area contributed by atoms with Crippen LogP contribution < -0.4 is 11.1 Å². The smallest absolute Gasteiger partial charge is 0.352 e. The average Bonchev–Trinajstić information content (AvgIpc) is 3.36. The molecule has 2 aliphatic heterocycles. The van der Waals surface area contributed by atoms with Crippen molar-refractivity contribution in [1.29, 1.82) is 0 Å². The number of carbonyl (C=O) groups excluding carboxylic acids is 2. The number of oxime groups is 1. The summed E-state index contributed by atoms with van der Waals surface area (Å²) in [5.74, 6) is -1.95. The number of amides is 2. The number of aliphatic carboxylic acids is 1. The molecule has 4 N–H and O–H groups in total. The topological polar surface area (TPSA) is 160 Å². The first kappa shape index (κ1) is 21.3. The van der Waals surface area contributed by atoms with Crippen LogP contribution in [-0.4, -0.2) is 60.6 Å². The van der Waals surface area contributed by atoms with Crippen molar-refractivity contribution in [2.75, 3.05) is 11.5 Å². The molecule has 4 heterocycles. The van der Waals surface area contributed by atoms with Gasteiger partial charge in [-0.05, 0) is 13.0 Å². The molecule has 2 aromatic heterocycles. The standard InChI is InChI=1S/C17H16N6O5S3/c1-7-19-8(5-30-7)4-28-22-11(9-6-31-17(18)20-9)13(24)21-12-14(25)23-10(16(26)27)2-3-29-15(12)23/h2,5-6,12,15H,3-4H2,1H3,(H2,18,20)(H,21,24)(H,26,27)/t12?,15-/m0/s1. The molecule has 2 atom stereocenters. The van der Waals surface area contributed by atoms with Gasteiger partial charge >= 0.3 is 5.97 Å². The van der Waals surface area contributed by atoms with Gasteiger partial charge in [-0.15, -0.1) is 34.4 Å². The second-order valence-corrected chi connectivity index (χ2v) is 9.52. The van der Waals surface area contributed by atoms with Crippen LogP contribution >= 0.6 is 34.4 Å². The summed E-state index contributed by atoms with van der Waals surface area (Å²) in [7, 11) is 0. The van der Waals surface area contributed by atoms with E-state index >= 15 is 0 Å². The van der Waals surface area contributed by atoms with Gasteiger partial charge in [-0.3, -0.25) is 14.5 Å². The van der Waals surface area contributed by atoms with Gasteiger partial charge in [0.05, 0.1) is 10.7 Å². The molecule has 31 heavy (non-hydrogen) atoms. The molecule has 0 saturated carbocycles. The second kappa shape index (κ2) is 8.64. The van der Waals surface area contributed by atoms with Crippen molar-refractivity contribution in [3.8, 4) is 0 Å². The Balaban J connectivity index is 1.49. The SMILES string of the molecule is Cc1nc(CON=C(C(=O)NC2C(=O)N3C(C(=O)O)=CCS[C@@H]23)c2csc(N)n2)cs1. The largest absolute Gasteiger partial charge is 0.477 e. The lowest BCUT2D eigenvalue weighted by Gasteiger charge is -2.48. The number of nitrogen functional groups attached to an aromatic ring is 1. The number of nitrogens with zero attached hydrogens (tertiary/aromatic N) is 4. The van der Waals surface area contributed by atoms with Crippen molar-refractivity contribution in [3.63, 3.8) is 0 Å². The molecule has 11 nitrogen and oxygen atoms in total. The van der Waals surface area contributed by atoms with E-state index < -0.39 is 29.2 Å². The Kier molecular flexibility index (Phi) is 5.93.